The summed E-state index contributed by atoms with van der Waals surface area (Å²) in [4.78, 5) is 10.6. The molecule has 2 aromatic rings. The maximum atomic E-state index is 5.39. The molecule has 1 fully saturated rings. The van der Waals surface area contributed by atoms with Crippen LogP contribution in [0.5, 0.6) is 0 Å². The SMILES string of the molecule is CC.CN1CCCC1CCN1CCCc2cc(N=CN)ccc21.Cc1cccs1. The minimum absolute atomic E-state index is 0.775. The normalized spacial score (nSPS) is 18.6. The van der Waals surface area contributed by atoms with Crippen LogP contribution in [0, 0.1) is 6.92 Å². The van der Waals surface area contributed by atoms with Crippen molar-refractivity contribution in [2.75, 3.05) is 31.6 Å². The first-order chi connectivity index (χ1) is 14.2. The van der Waals surface area contributed by atoms with Crippen LogP contribution in [0.15, 0.2) is 40.7 Å². The second-order valence-corrected chi connectivity index (χ2v) is 8.62. The van der Waals surface area contributed by atoms with E-state index < -0.39 is 0 Å². The summed E-state index contributed by atoms with van der Waals surface area (Å²) in [5, 5.41) is 2.08. The Bertz CT molecular complexity index is 726. The minimum atomic E-state index is 0.775. The summed E-state index contributed by atoms with van der Waals surface area (Å²) < 4.78 is 0. The summed E-state index contributed by atoms with van der Waals surface area (Å²) in [6, 6.07) is 11.4. The van der Waals surface area contributed by atoms with Gasteiger partial charge in [0.1, 0.15) is 0 Å². The van der Waals surface area contributed by atoms with Crippen molar-refractivity contribution in [2.24, 2.45) is 10.7 Å². The van der Waals surface area contributed by atoms with Crippen molar-refractivity contribution in [3.05, 3.63) is 46.2 Å². The molecule has 2 aliphatic rings. The molecule has 0 saturated carbocycles. The number of nitrogens with two attached hydrogens (primary N) is 1. The molecule has 0 bridgehead atoms. The highest BCUT2D eigenvalue weighted by atomic mass is 32.1. The van der Waals surface area contributed by atoms with E-state index in [2.05, 4.69) is 64.5 Å². The Morgan fingerprint density at radius 2 is 2.03 bits per heavy atom. The molecule has 1 unspecified atom stereocenters. The summed E-state index contributed by atoms with van der Waals surface area (Å²) in [5.74, 6) is 0. The van der Waals surface area contributed by atoms with Crippen LogP contribution in [0.25, 0.3) is 0 Å². The summed E-state index contributed by atoms with van der Waals surface area (Å²) in [5.41, 5.74) is 9.18. The van der Waals surface area contributed by atoms with Crippen molar-refractivity contribution in [3.63, 3.8) is 0 Å². The van der Waals surface area contributed by atoms with Crippen LogP contribution >= 0.6 is 11.3 Å². The van der Waals surface area contributed by atoms with Gasteiger partial charge in [-0.25, -0.2) is 4.99 Å². The Kier molecular flexibility index (Phi) is 10.2. The standard InChI is InChI=1S/C17H26N4.C5H6S.C2H6/c1-20-9-3-5-16(20)8-11-21-10-2-4-14-12-15(19-13-18)6-7-17(14)21;1-5-3-2-4-6-5;1-2/h6-7,12-13,16H,2-5,8-11H2,1H3,(H2,18,19);2-4H,1H3;1-2H3. The predicted octanol–water partition coefficient (Wildman–Crippen LogP) is 5.62. The molecule has 1 aromatic heterocycles. The molecule has 0 spiro atoms. The van der Waals surface area contributed by atoms with Crippen LogP contribution in [-0.2, 0) is 6.42 Å². The van der Waals surface area contributed by atoms with E-state index in [-0.39, 0.29) is 0 Å². The van der Waals surface area contributed by atoms with E-state index in [0.717, 1.165) is 18.2 Å². The average Bonchev–Trinajstić information content (AvgIpc) is 3.39. The van der Waals surface area contributed by atoms with Crippen LogP contribution < -0.4 is 10.6 Å². The molecule has 1 saturated heterocycles. The first-order valence-electron chi connectivity index (χ1n) is 11.0. The van der Waals surface area contributed by atoms with Crippen molar-refractivity contribution < 1.29 is 0 Å². The van der Waals surface area contributed by atoms with Gasteiger partial charge >= 0.3 is 0 Å². The number of thiophene rings is 1. The number of hydrogen-bond donors (Lipinski definition) is 1. The van der Waals surface area contributed by atoms with Crippen molar-refractivity contribution in [2.45, 2.75) is 58.9 Å². The molecule has 2 N–H and O–H groups in total. The Balaban J connectivity index is 0.000000317. The van der Waals surface area contributed by atoms with Crippen LogP contribution in [0.1, 0.15) is 50.0 Å². The number of hydrogen-bond acceptors (Lipinski definition) is 4. The molecule has 29 heavy (non-hydrogen) atoms. The number of aliphatic imine (C=N–C) groups is 1. The molecule has 0 amide bonds. The molecule has 3 heterocycles. The molecule has 4 rings (SSSR count). The minimum Gasteiger partial charge on any atom is -0.390 e. The molecule has 5 heteroatoms. The molecular formula is C24H38N4S. The maximum absolute atomic E-state index is 5.39. The molecule has 4 nitrogen and oxygen atoms in total. The third-order valence-corrected chi connectivity index (χ3v) is 6.37. The fraction of sp³-hybridized carbons (Fsp3) is 0.542. The zero-order chi connectivity index (χ0) is 21.1. The Labute approximate surface area is 181 Å². The van der Waals surface area contributed by atoms with Crippen molar-refractivity contribution in [1.82, 2.24) is 4.90 Å². The quantitative estimate of drug-likeness (QED) is 0.521. The Morgan fingerprint density at radius 3 is 2.62 bits per heavy atom. The smallest absolute Gasteiger partial charge is 0.0860 e. The molecule has 1 atom stereocenters. The number of rotatable bonds is 4. The van der Waals surface area contributed by atoms with Gasteiger partial charge in [-0.1, -0.05) is 19.9 Å². The van der Waals surface area contributed by atoms with Crippen LogP contribution in [-0.4, -0.2) is 44.0 Å². The first-order valence-corrected chi connectivity index (χ1v) is 11.9. The van der Waals surface area contributed by atoms with Gasteiger partial charge in [-0.3, -0.25) is 0 Å². The van der Waals surface area contributed by atoms with Crippen molar-refractivity contribution in [3.8, 4) is 0 Å². The van der Waals surface area contributed by atoms with Gasteiger partial charge in [-0.15, -0.1) is 11.3 Å². The van der Waals surface area contributed by atoms with E-state index in [0.29, 0.717) is 0 Å². The lowest BCUT2D eigenvalue weighted by molar-refractivity contribution is 0.297. The van der Waals surface area contributed by atoms with E-state index >= 15 is 0 Å². The van der Waals surface area contributed by atoms with E-state index in [1.165, 1.54) is 67.8 Å². The van der Waals surface area contributed by atoms with Crippen molar-refractivity contribution >= 4 is 29.1 Å². The lowest BCUT2D eigenvalue weighted by Gasteiger charge is -2.33. The molecular weight excluding hydrogens is 376 g/mol. The number of aryl methyl sites for hydroxylation is 2. The highest BCUT2D eigenvalue weighted by Gasteiger charge is 2.23. The van der Waals surface area contributed by atoms with Gasteiger partial charge in [-0.05, 0) is 87.8 Å². The number of nitrogens with zero attached hydrogens (tertiary/aromatic N) is 3. The Morgan fingerprint density at radius 1 is 1.21 bits per heavy atom. The largest absolute Gasteiger partial charge is 0.390 e. The second-order valence-electron chi connectivity index (χ2n) is 7.47. The highest BCUT2D eigenvalue weighted by Crippen LogP contribution is 2.31. The molecule has 2 aliphatic heterocycles. The molecule has 0 radical (unpaired) electrons. The third-order valence-electron chi connectivity index (χ3n) is 5.57. The van der Waals surface area contributed by atoms with Crippen molar-refractivity contribution in [1.29, 1.82) is 0 Å². The van der Waals surface area contributed by atoms with Gasteiger partial charge in [0.15, 0.2) is 0 Å². The summed E-state index contributed by atoms with van der Waals surface area (Å²) in [6.45, 7) is 9.72. The van der Waals surface area contributed by atoms with Gasteiger partial charge in [0.05, 0.1) is 12.0 Å². The van der Waals surface area contributed by atoms with E-state index in [9.17, 15) is 0 Å². The fourth-order valence-corrected chi connectivity index (χ4v) is 4.60. The number of fused-ring (bicyclic) bond motifs is 1. The maximum Gasteiger partial charge on any atom is 0.0860 e. The van der Waals surface area contributed by atoms with Crippen LogP contribution in [0.4, 0.5) is 11.4 Å². The van der Waals surface area contributed by atoms with E-state index in [4.69, 9.17) is 5.73 Å². The van der Waals surface area contributed by atoms with Gasteiger partial charge in [0.2, 0.25) is 0 Å². The molecule has 0 aliphatic carbocycles. The van der Waals surface area contributed by atoms with Crippen LogP contribution in [0.2, 0.25) is 0 Å². The number of benzene rings is 1. The summed E-state index contributed by atoms with van der Waals surface area (Å²) in [7, 11) is 2.26. The van der Waals surface area contributed by atoms with E-state index in [1.54, 1.807) is 11.3 Å². The van der Waals surface area contributed by atoms with Gasteiger partial charge in [0.25, 0.3) is 0 Å². The van der Waals surface area contributed by atoms with Crippen LogP contribution in [0.3, 0.4) is 0 Å². The number of anilines is 1. The second kappa shape index (κ2) is 12.7. The average molecular weight is 415 g/mol. The zero-order valence-corrected chi connectivity index (χ0v) is 19.4. The number of likely N-dealkylation sites (tertiary alicyclic amines) is 1. The fourth-order valence-electron chi connectivity index (χ4n) is 4.07. The zero-order valence-electron chi connectivity index (χ0n) is 18.6. The van der Waals surface area contributed by atoms with E-state index in [1.807, 2.05) is 13.8 Å². The van der Waals surface area contributed by atoms with Gasteiger partial charge in [0, 0.05) is 29.7 Å². The molecule has 1 aromatic carbocycles. The lowest BCUT2D eigenvalue weighted by atomic mass is 10.00. The topological polar surface area (TPSA) is 44.9 Å². The van der Waals surface area contributed by atoms with Gasteiger partial charge < -0.3 is 15.5 Å². The summed E-state index contributed by atoms with van der Waals surface area (Å²) >= 11 is 1.78. The monoisotopic (exact) mass is 414 g/mol. The lowest BCUT2D eigenvalue weighted by Crippen LogP contribution is -2.34. The molecule has 160 valence electrons. The van der Waals surface area contributed by atoms with Gasteiger partial charge in [-0.2, -0.15) is 0 Å². The first kappa shape index (κ1) is 23.4. The Hall–Kier alpha value is -1.85. The third kappa shape index (κ3) is 7.16. The predicted molar refractivity (Wildman–Crippen MR) is 130 cm³/mol. The summed E-state index contributed by atoms with van der Waals surface area (Å²) in [6.07, 6.45) is 7.77. The highest BCUT2D eigenvalue weighted by molar-refractivity contribution is 7.09.